The Labute approximate surface area is 157 Å². The number of ether oxygens (including phenoxy) is 1. The van der Waals surface area contributed by atoms with Crippen molar-refractivity contribution in [3.63, 3.8) is 0 Å². The Morgan fingerprint density at radius 2 is 1.81 bits per heavy atom. The molecule has 2 aromatic carbocycles. The normalized spacial score (nSPS) is 22.2. The summed E-state index contributed by atoms with van der Waals surface area (Å²) in [6, 6.07) is 12.3. The van der Waals surface area contributed by atoms with E-state index in [9.17, 15) is 19.4 Å². The molecule has 3 rings (SSSR count). The molecule has 0 spiro atoms. The van der Waals surface area contributed by atoms with Crippen LogP contribution >= 0.6 is 0 Å². The van der Waals surface area contributed by atoms with Crippen molar-refractivity contribution in [3.05, 3.63) is 59.9 Å². The number of hydrogen-bond donors (Lipinski definition) is 3. The van der Waals surface area contributed by atoms with Crippen molar-refractivity contribution in [2.24, 2.45) is 5.92 Å². The number of carbonyl (C=O) groups is 1. The minimum absolute atomic E-state index is 0.0982. The molecule has 27 heavy (non-hydrogen) atoms. The van der Waals surface area contributed by atoms with Crippen molar-refractivity contribution in [2.45, 2.75) is 31.3 Å². The number of phenols is 1. The van der Waals surface area contributed by atoms with Gasteiger partial charge >= 0.3 is 0 Å². The van der Waals surface area contributed by atoms with Gasteiger partial charge in [0.25, 0.3) is 5.91 Å². The van der Waals surface area contributed by atoms with Crippen molar-refractivity contribution in [3.8, 4) is 11.5 Å². The number of rotatable bonds is 6. The second kappa shape index (κ2) is 8.39. The van der Waals surface area contributed by atoms with Gasteiger partial charge in [0.05, 0.1) is 12.2 Å². The van der Waals surface area contributed by atoms with Gasteiger partial charge in [0.15, 0.2) is 11.6 Å². The Morgan fingerprint density at radius 1 is 1.15 bits per heavy atom. The fourth-order valence-corrected chi connectivity index (χ4v) is 3.29. The first-order chi connectivity index (χ1) is 13.0. The van der Waals surface area contributed by atoms with Gasteiger partial charge in [-0.2, -0.15) is 0 Å². The Hall–Kier alpha value is -2.60. The standard InChI is InChI=1S/C21H24FNO4/c22-18-3-1-2-4-19(18)27-13-15-9-11-21(26,12-10-15)14-23-20(25)16-5-7-17(24)8-6-16/h1-8,15,24,26H,9-14H2,(H,23,25)/t15-,21-. The summed E-state index contributed by atoms with van der Waals surface area (Å²) < 4.78 is 19.1. The van der Waals surface area contributed by atoms with Crippen molar-refractivity contribution in [1.29, 1.82) is 0 Å². The van der Waals surface area contributed by atoms with Gasteiger partial charge < -0.3 is 20.3 Å². The van der Waals surface area contributed by atoms with Gasteiger partial charge in [0, 0.05) is 12.1 Å². The van der Waals surface area contributed by atoms with E-state index in [4.69, 9.17) is 4.74 Å². The molecule has 0 unspecified atom stereocenters. The summed E-state index contributed by atoms with van der Waals surface area (Å²) in [5, 5.41) is 22.7. The summed E-state index contributed by atoms with van der Waals surface area (Å²) in [4.78, 5) is 12.1. The largest absolute Gasteiger partial charge is 0.508 e. The molecular weight excluding hydrogens is 349 g/mol. The molecule has 2 aromatic rings. The van der Waals surface area contributed by atoms with Crippen LogP contribution in [0.4, 0.5) is 4.39 Å². The number of halogens is 1. The van der Waals surface area contributed by atoms with Crippen LogP contribution in [-0.4, -0.2) is 34.9 Å². The van der Waals surface area contributed by atoms with Crippen LogP contribution in [0, 0.1) is 11.7 Å². The van der Waals surface area contributed by atoms with Crippen LogP contribution in [0.5, 0.6) is 11.5 Å². The van der Waals surface area contributed by atoms with Gasteiger partial charge in [-0.3, -0.25) is 4.79 Å². The van der Waals surface area contributed by atoms with Crippen LogP contribution in [0.2, 0.25) is 0 Å². The predicted octanol–water partition coefficient (Wildman–Crippen LogP) is 3.26. The van der Waals surface area contributed by atoms with E-state index in [1.165, 1.54) is 30.3 Å². The van der Waals surface area contributed by atoms with Crippen LogP contribution in [0.3, 0.4) is 0 Å². The van der Waals surface area contributed by atoms with Gasteiger partial charge in [0.1, 0.15) is 5.75 Å². The number of amides is 1. The number of para-hydroxylation sites is 1. The maximum Gasteiger partial charge on any atom is 0.251 e. The lowest BCUT2D eigenvalue weighted by molar-refractivity contribution is -0.0131. The summed E-state index contributed by atoms with van der Waals surface area (Å²) in [6.45, 7) is 0.588. The molecule has 1 amide bonds. The summed E-state index contributed by atoms with van der Waals surface area (Å²) in [6.07, 6.45) is 2.60. The lowest BCUT2D eigenvalue weighted by atomic mass is 9.79. The Kier molecular flexibility index (Phi) is 5.96. The average Bonchev–Trinajstić information content (AvgIpc) is 2.67. The van der Waals surface area contributed by atoms with Gasteiger partial charge in [-0.1, -0.05) is 12.1 Å². The van der Waals surface area contributed by atoms with Crippen molar-refractivity contribution >= 4 is 5.91 Å². The van der Waals surface area contributed by atoms with Crippen LogP contribution in [0.1, 0.15) is 36.0 Å². The molecule has 0 bridgehead atoms. The van der Waals surface area contributed by atoms with Gasteiger partial charge in [-0.05, 0) is 68.0 Å². The highest BCUT2D eigenvalue weighted by atomic mass is 19.1. The molecule has 5 nitrogen and oxygen atoms in total. The SMILES string of the molecule is O=C(NC[C@]1(O)CC[C@H](COc2ccccc2F)CC1)c1ccc(O)cc1. The lowest BCUT2D eigenvalue weighted by Gasteiger charge is -2.36. The van der Waals surface area contributed by atoms with E-state index in [1.54, 1.807) is 18.2 Å². The Bertz CT molecular complexity index is 770. The van der Waals surface area contributed by atoms with E-state index in [-0.39, 0.29) is 35.7 Å². The summed E-state index contributed by atoms with van der Waals surface area (Å²) in [7, 11) is 0. The molecule has 0 aromatic heterocycles. The minimum atomic E-state index is -0.943. The molecule has 0 heterocycles. The number of carbonyl (C=O) groups excluding carboxylic acids is 1. The topological polar surface area (TPSA) is 78.8 Å². The third kappa shape index (κ3) is 5.20. The highest BCUT2D eigenvalue weighted by molar-refractivity contribution is 5.94. The highest BCUT2D eigenvalue weighted by Gasteiger charge is 2.33. The fourth-order valence-electron chi connectivity index (χ4n) is 3.29. The molecule has 1 saturated carbocycles. The second-order valence-electron chi connectivity index (χ2n) is 7.14. The van der Waals surface area contributed by atoms with Crippen LogP contribution in [-0.2, 0) is 0 Å². The zero-order valence-corrected chi connectivity index (χ0v) is 15.0. The summed E-state index contributed by atoms with van der Waals surface area (Å²) in [5.41, 5.74) is -0.510. The number of benzene rings is 2. The van der Waals surface area contributed by atoms with E-state index in [2.05, 4.69) is 5.32 Å². The third-order valence-electron chi connectivity index (χ3n) is 5.05. The third-order valence-corrected chi connectivity index (χ3v) is 5.05. The number of aromatic hydroxyl groups is 1. The molecule has 1 aliphatic carbocycles. The van der Waals surface area contributed by atoms with Crippen molar-refractivity contribution < 1.29 is 24.1 Å². The first-order valence-corrected chi connectivity index (χ1v) is 9.12. The van der Waals surface area contributed by atoms with Gasteiger partial charge in [0.2, 0.25) is 0 Å². The predicted molar refractivity (Wildman–Crippen MR) is 99.2 cm³/mol. The average molecular weight is 373 g/mol. The van der Waals surface area contributed by atoms with Gasteiger partial charge in [-0.25, -0.2) is 4.39 Å². The first kappa shape index (κ1) is 19.2. The minimum Gasteiger partial charge on any atom is -0.508 e. The van der Waals surface area contributed by atoms with Crippen molar-refractivity contribution in [1.82, 2.24) is 5.32 Å². The number of hydrogen-bond acceptors (Lipinski definition) is 4. The van der Waals surface area contributed by atoms with Crippen LogP contribution in [0.25, 0.3) is 0 Å². The Balaban J connectivity index is 1.44. The van der Waals surface area contributed by atoms with E-state index in [0.717, 1.165) is 12.8 Å². The first-order valence-electron chi connectivity index (χ1n) is 9.12. The quantitative estimate of drug-likeness (QED) is 0.726. The van der Waals surface area contributed by atoms with E-state index in [0.29, 0.717) is 25.0 Å². The molecule has 1 fully saturated rings. The monoisotopic (exact) mass is 373 g/mol. The second-order valence-corrected chi connectivity index (χ2v) is 7.14. The summed E-state index contributed by atoms with van der Waals surface area (Å²) >= 11 is 0. The molecule has 6 heteroatoms. The van der Waals surface area contributed by atoms with Crippen LogP contribution in [0.15, 0.2) is 48.5 Å². The maximum absolute atomic E-state index is 13.6. The van der Waals surface area contributed by atoms with E-state index < -0.39 is 5.60 Å². The van der Waals surface area contributed by atoms with Crippen LogP contribution < -0.4 is 10.1 Å². The maximum atomic E-state index is 13.6. The number of phenolic OH excluding ortho intramolecular Hbond substituents is 1. The van der Waals surface area contributed by atoms with E-state index >= 15 is 0 Å². The molecule has 0 atom stereocenters. The summed E-state index contributed by atoms with van der Waals surface area (Å²) in [5.74, 6) is -0.0616. The smallest absolute Gasteiger partial charge is 0.251 e. The molecule has 0 saturated heterocycles. The molecule has 0 radical (unpaired) electrons. The Morgan fingerprint density at radius 3 is 2.48 bits per heavy atom. The lowest BCUT2D eigenvalue weighted by Crippen LogP contribution is -2.45. The molecule has 144 valence electrons. The number of nitrogens with one attached hydrogen (secondary N) is 1. The zero-order chi connectivity index (χ0) is 19.3. The van der Waals surface area contributed by atoms with Crippen molar-refractivity contribution in [2.75, 3.05) is 13.2 Å². The molecule has 0 aliphatic heterocycles. The molecular formula is C21H24FNO4. The molecule has 3 N–H and O–H groups in total. The zero-order valence-electron chi connectivity index (χ0n) is 15.0. The fraction of sp³-hybridized carbons (Fsp3) is 0.381. The molecule has 1 aliphatic rings. The highest BCUT2D eigenvalue weighted by Crippen LogP contribution is 2.32. The van der Waals surface area contributed by atoms with E-state index in [1.807, 2.05) is 0 Å². The van der Waals surface area contributed by atoms with Gasteiger partial charge in [-0.15, -0.1) is 0 Å². The number of aliphatic hydroxyl groups is 1.